The molecule has 0 aromatic heterocycles. The Kier molecular flexibility index (Phi) is 9.09. The average molecular weight is 480 g/mol. The second-order valence-corrected chi connectivity index (χ2v) is 8.40. The minimum absolute atomic E-state index is 0.311. The molecule has 1 atom stereocenters. The van der Waals surface area contributed by atoms with Gasteiger partial charge >= 0.3 is 0 Å². The van der Waals surface area contributed by atoms with Crippen LogP contribution in [-0.4, -0.2) is 76.3 Å². The van der Waals surface area contributed by atoms with Crippen LogP contribution in [0, 0.1) is 5.92 Å². The molecule has 1 saturated heterocycles. The summed E-state index contributed by atoms with van der Waals surface area (Å²) < 4.78 is 16.6. The van der Waals surface area contributed by atoms with Gasteiger partial charge in [-0.25, -0.2) is 9.80 Å². The van der Waals surface area contributed by atoms with Crippen LogP contribution in [0.1, 0.15) is 12.5 Å². The molecule has 0 radical (unpaired) electrons. The minimum atomic E-state index is -0.413. The molecule has 1 aliphatic heterocycles. The number of likely N-dealkylation sites (N-methyl/N-ethyl adjacent to an activating group) is 1. The Labute approximate surface area is 206 Å². The number of hydrogen-bond donors (Lipinski definition) is 1. The van der Waals surface area contributed by atoms with E-state index in [-0.39, 0.29) is 5.91 Å². The monoisotopic (exact) mass is 479 g/mol. The molecule has 2 aliphatic rings. The number of nitrogens with zero attached hydrogens (tertiary/aromatic N) is 2. The van der Waals surface area contributed by atoms with E-state index < -0.39 is 5.92 Å². The van der Waals surface area contributed by atoms with Gasteiger partial charge in [-0.15, -0.1) is 0 Å². The predicted molar refractivity (Wildman–Crippen MR) is 135 cm³/mol. The number of benzene rings is 1. The Balaban J connectivity index is 2.07. The molecule has 1 fully saturated rings. The Morgan fingerprint density at radius 1 is 1.06 bits per heavy atom. The third-order valence-corrected chi connectivity index (χ3v) is 6.11. The van der Waals surface area contributed by atoms with Crippen molar-refractivity contribution in [2.45, 2.75) is 6.92 Å². The van der Waals surface area contributed by atoms with Gasteiger partial charge in [0.25, 0.3) is 5.91 Å². The van der Waals surface area contributed by atoms with Crippen molar-refractivity contribution in [2.24, 2.45) is 5.92 Å². The third-order valence-electron chi connectivity index (χ3n) is 6.11. The summed E-state index contributed by atoms with van der Waals surface area (Å²) >= 11 is 0. The smallest absolute Gasteiger partial charge is 0.269 e. The second kappa shape index (κ2) is 12.2. The number of amides is 1. The summed E-state index contributed by atoms with van der Waals surface area (Å²) in [5, 5.41) is 1.90. The van der Waals surface area contributed by atoms with Gasteiger partial charge in [0.15, 0.2) is 0 Å². The van der Waals surface area contributed by atoms with E-state index in [1.54, 1.807) is 38.5 Å². The van der Waals surface area contributed by atoms with Crippen molar-refractivity contribution >= 4 is 17.4 Å². The maximum Gasteiger partial charge on any atom is 0.269 e. The van der Waals surface area contributed by atoms with Gasteiger partial charge in [-0.1, -0.05) is 24.3 Å². The summed E-state index contributed by atoms with van der Waals surface area (Å²) in [7, 11) is 6.75. The number of piperazine rings is 1. The van der Waals surface area contributed by atoms with Crippen LogP contribution in [-0.2, 0) is 14.3 Å². The number of hydrogen-bond acceptors (Lipinski definition) is 7. The van der Waals surface area contributed by atoms with Crippen LogP contribution >= 0.6 is 0 Å². The molecule has 1 heterocycles. The van der Waals surface area contributed by atoms with E-state index in [9.17, 15) is 9.59 Å². The summed E-state index contributed by atoms with van der Waals surface area (Å²) in [5.74, 6) is 2.88. The van der Waals surface area contributed by atoms with Gasteiger partial charge < -0.3 is 19.1 Å². The van der Waals surface area contributed by atoms with Crippen LogP contribution in [0.4, 0.5) is 0 Å². The van der Waals surface area contributed by atoms with Gasteiger partial charge in [-0.05, 0) is 43.3 Å². The van der Waals surface area contributed by atoms with Crippen LogP contribution in [0.2, 0.25) is 0 Å². The molecule has 3 rings (SSSR count). The van der Waals surface area contributed by atoms with Crippen molar-refractivity contribution < 1.29 is 23.8 Å². The molecule has 1 amide bonds. The van der Waals surface area contributed by atoms with Crippen LogP contribution in [0.5, 0.6) is 11.5 Å². The lowest BCUT2D eigenvalue weighted by atomic mass is 9.91. The number of hydrazine groups is 1. The zero-order valence-electron chi connectivity index (χ0n) is 21.0. The number of rotatable bonds is 8. The number of carbonyl (C=O) groups excluding carboxylic acids is 2. The van der Waals surface area contributed by atoms with Gasteiger partial charge in [0, 0.05) is 43.7 Å². The quantitative estimate of drug-likeness (QED) is 0.266. The molecule has 8 heteroatoms. The summed E-state index contributed by atoms with van der Waals surface area (Å²) in [5.41, 5.74) is 5.27. The topological polar surface area (TPSA) is 80.3 Å². The van der Waals surface area contributed by atoms with E-state index in [4.69, 9.17) is 14.2 Å². The van der Waals surface area contributed by atoms with E-state index in [2.05, 4.69) is 17.4 Å². The normalized spacial score (nSPS) is 19.6. The molecular weight excluding hydrogens is 446 g/mol. The number of methoxy groups -OCH3 is 3. The van der Waals surface area contributed by atoms with Crippen molar-refractivity contribution in [2.75, 3.05) is 54.6 Å². The molecule has 8 nitrogen and oxygen atoms in total. The van der Waals surface area contributed by atoms with E-state index in [0.29, 0.717) is 41.5 Å². The Bertz CT molecular complexity index is 1080. The van der Waals surface area contributed by atoms with E-state index in [1.807, 2.05) is 42.2 Å². The number of allylic oxidation sites excluding steroid dienone is 7. The Morgan fingerprint density at radius 2 is 1.71 bits per heavy atom. The van der Waals surface area contributed by atoms with Crippen molar-refractivity contribution in [1.82, 2.24) is 15.3 Å². The molecule has 1 N–H and O–H groups in total. The molecule has 0 spiro atoms. The maximum atomic E-state index is 13.6. The highest BCUT2D eigenvalue weighted by molar-refractivity contribution is 5.99. The first kappa shape index (κ1) is 26.0. The fourth-order valence-corrected chi connectivity index (χ4v) is 3.98. The average Bonchev–Trinajstić information content (AvgIpc) is 2.89. The van der Waals surface area contributed by atoms with Crippen molar-refractivity contribution in [3.63, 3.8) is 0 Å². The second-order valence-electron chi connectivity index (χ2n) is 8.40. The molecular formula is C27H33N3O5. The predicted octanol–water partition coefficient (Wildman–Crippen LogP) is 2.79. The molecule has 0 saturated carbocycles. The largest absolute Gasteiger partial charge is 0.497 e. The lowest BCUT2D eigenvalue weighted by molar-refractivity contribution is -0.123. The lowest BCUT2D eigenvalue weighted by Gasteiger charge is -2.32. The molecule has 35 heavy (non-hydrogen) atoms. The first-order chi connectivity index (χ1) is 16.9. The standard InChI is InChI=1S/C27H33N3O5/c1-19(22-14-23(33-3)17-24(15-22)34-4)26(35-5)25(16-20-8-6-7-9-21(20)18-31)27(32)28-30-12-10-29(2)11-13-30/h6-9,14-17,20H,10-13H2,1-5H3,(H,28,32)/b25-16+,26-19-. The molecule has 1 aromatic rings. The van der Waals surface area contributed by atoms with Crippen molar-refractivity contribution in [1.29, 1.82) is 0 Å². The van der Waals surface area contributed by atoms with E-state index in [0.717, 1.165) is 24.2 Å². The highest BCUT2D eigenvalue weighted by atomic mass is 16.5. The summed E-state index contributed by atoms with van der Waals surface area (Å²) in [6.07, 6.45) is 8.90. The van der Waals surface area contributed by atoms with Gasteiger partial charge in [0.1, 0.15) is 23.2 Å². The van der Waals surface area contributed by atoms with Crippen LogP contribution < -0.4 is 14.9 Å². The fourth-order valence-electron chi connectivity index (χ4n) is 3.98. The lowest BCUT2D eigenvalue weighted by Crippen LogP contribution is -2.53. The number of ether oxygens (including phenoxy) is 3. The summed E-state index contributed by atoms with van der Waals surface area (Å²) in [6.45, 7) is 4.99. The highest BCUT2D eigenvalue weighted by Crippen LogP contribution is 2.32. The molecule has 186 valence electrons. The summed E-state index contributed by atoms with van der Waals surface area (Å²) in [4.78, 5) is 27.3. The van der Waals surface area contributed by atoms with Crippen molar-refractivity contribution in [3.05, 3.63) is 71.0 Å². The molecule has 1 aromatic carbocycles. The Morgan fingerprint density at radius 3 is 2.29 bits per heavy atom. The van der Waals surface area contributed by atoms with Gasteiger partial charge in [-0.2, -0.15) is 0 Å². The zero-order chi connectivity index (χ0) is 25.4. The van der Waals surface area contributed by atoms with Gasteiger partial charge in [0.05, 0.1) is 26.9 Å². The fraction of sp³-hybridized carbons (Fsp3) is 0.370. The van der Waals surface area contributed by atoms with Gasteiger partial charge in [0.2, 0.25) is 0 Å². The zero-order valence-corrected chi connectivity index (χ0v) is 21.0. The maximum absolute atomic E-state index is 13.6. The SMILES string of the molecule is COC(=C(/C)c1cc(OC)cc(OC)c1)/C(=C\C1C=CC=CC1=C=O)C(=O)NN1CCN(C)CC1. The van der Waals surface area contributed by atoms with E-state index >= 15 is 0 Å². The number of carbonyl (C=O) groups is 1. The van der Waals surface area contributed by atoms with Crippen LogP contribution in [0.15, 0.2) is 65.5 Å². The molecule has 1 unspecified atom stereocenters. The first-order valence-corrected chi connectivity index (χ1v) is 11.4. The van der Waals surface area contributed by atoms with Crippen LogP contribution in [0.3, 0.4) is 0 Å². The van der Waals surface area contributed by atoms with Crippen molar-refractivity contribution in [3.8, 4) is 11.5 Å². The van der Waals surface area contributed by atoms with E-state index in [1.165, 1.54) is 7.11 Å². The Hall–Kier alpha value is -3.58. The van der Waals surface area contributed by atoms with Gasteiger partial charge in [-0.3, -0.25) is 10.2 Å². The minimum Gasteiger partial charge on any atom is -0.497 e. The highest BCUT2D eigenvalue weighted by Gasteiger charge is 2.25. The summed E-state index contributed by atoms with van der Waals surface area (Å²) in [6, 6.07) is 5.49. The number of nitrogens with one attached hydrogen (secondary N) is 1. The molecule has 0 bridgehead atoms. The van der Waals surface area contributed by atoms with Crippen LogP contribution in [0.25, 0.3) is 5.57 Å². The third kappa shape index (κ3) is 6.51. The first-order valence-electron chi connectivity index (χ1n) is 11.4. The molecule has 1 aliphatic carbocycles.